The van der Waals surface area contributed by atoms with Crippen molar-refractivity contribution in [2.24, 2.45) is 23.1 Å². The number of carbonyl (C=O) groups excluding carboxylic acids is 16. The summed E-state index contributed by atoms with van der Waals surface area (Å²) in [6.07, 6.45) is 3.08. The van der Waals surface area contributed by atoms with Gasteiger partial charge in [-0.25, -0.2) is 0 Å². The molecule has 3 saturated heterocycles. The largest absolute Gasteiger partial charge is 0.508 e. The van der Waals surface area contributed by atoms with Crippen molar-refractivity contribution in [1.82, 2.24) is 93.0 Å². The molecule has 132 heavy (non-hydrogen) atoms. The fraction of sp³-hybridized carbons (Fsp3) is 0.551. The zero-order chi connectivity index (χ0) is 96.7. The number of carboxylic acids is 1. The maximum atomic E-state index is 15.7. The van der Waals surface area contributed by atoms with E-state index in [9.17, 15) is 63.3 Å². The molecule has 3 aromatic carbocycles. The lowest BCUT2D eigenvalue weighted by Gasteiger charge is -2.36. The third-order valence-corrected chi connectivity index (χ3v) is 24.8. The minimum Gasteiger partial charge on any atom is -0.508 e. The summed E-state index contributed by atoms with van der Waals surface area (Å²) in [6.45, 7) is 6.35. The number of phenols is 1. The van der Waals surface area contributed by atoms with Gasteiger partial charge in [0.05, 0.1) is 25.3 Å². The Hall–Kier alpha value is -12.9. The van der Waals surface area contributed by atoms with Crippen LogP contribution in [-0.4, -0.2) is 313 Å². The lowest BCUT2D eigenvalue weighted by Crippen LogP contribution is -2.62. The van der Waals surface area contributed by atoms with Gasteiger partial charge in [-0.05, 0) is 125 Å². The molecular weight excluding hydrogens is 1730 g/mol. The molecule has 0 radical (unpaired) electrons. The van der Waals surface area contributed by atoms with Crippen molar-refractivity contribution < 1.29 is 96.8 Å². The van der Waals surface area contributed by atoms with Gasteiger partial charge in [0.2, 0.25) is 94.5 Å². The minimum absolute atomic E-state index is 0.00242. The number of aliphatic carboxylic acids is 1. The number of thioether (sulfide) groups is 1. The standard InChI is InChI=1S/C89H128N22O20S/c1-9-11-25-68-81(124)99-59(24-17-35-94-89(92)93)77(120)106-67(76(119)97-45-72(91)114)47-132-48-73(115)98-64(39-51-29-31-54(113)32-30-51)84(127)107(6)50(5)75(118)100-60(33-34-90)86(129)110-36-18-27-69(110)83(126)102-62(42-74(116)117)79(122)103-63(38-49(3)4)87(130)111-37-19-28-70(111)82(125)101-61(40-52-43-95-57-22-15-13-20-55(52)57)78(121)105-66(46-112)80(123)104-65(41-53-44-96-58-23-16-14-21-56(53)58)85(128)109(8)71(26-12-10-2)88(131)108(68)7/h13-16,20-23,29-32,43-44,49-50,59-71,95-96,112-113H,9-12,17-19,24-28,33-42,45-48,90H2,1-8H3,(H2,91,114)(H,97,119)(H,98,115)(H,99,124)(H,100,118)(H,101,125)(H,102,126)(H,103,122)(H,104,123)(H,105,121)(H,106,120)(H,116,117)(H4,92,93,94)/t50-,59-,60-,61-,62-,63-,64-,65-,66-,67-,68-,69-,70-,71-/m0/s1. The highest BCUT2D eigenvalue weighted by molar-refractivity contribution is 8.00. The van der Waals surface area contributed by atoms with E-state index in [0.29, 0.717) is 64.2 Å². The number of nitrogens with one attached hydrogen (secondary N) is 14. The van der Waals surface area contributed by atoms with Crippen LogP contribution in [0.3, 0.4) is 0 Å². The summed E-state index contributed by atoms with van der Waals surface area (Å²) >= 11 is 0.776. The van der Waals surface area contributed by atoms with Gasteiger partial charge >= 0.3 is 5.97 Å². The number of aliphatic hydroxyl groups excluding tert-OH is 1. The molecule has 3 aliphatic heterocycles. The first kappa shape index (κ1) is 104. The van der Waals surface area contributed by atoms with Crippen molar-refractivity contribution in [3.05, 3.63) is 102 Å². The van der Waals surface area contributed by atoms with Crippen LogP contribution in [0.2, 0.25) is 0 Å². The van der Waals surface area contributed by atoms with Gasteiger partial charge in [-0.3, -0.25) is 86.9 Å². The second-order valence-electron chi connectivity index (χ2n) is 34.0. The summed E-state index contributed by atoms with van der Waals surface area (Å²) in [4.78, 5) is 261. The Kier molecular flexibility index (Phi) is 39.9. The van der Waals surface area contributed by atoms with E-state index < -0.39 is 222 Å². The molecule has 43 heteroatoms. The van der Waals surface area contributed by atoms with Crippen molar-refractivity contribution in [2.75, 3.05) is 72.0 Å². The molecule has 0 aliphatic carbocycles. The van der Waals surface area contributed by atoms with E-state index in [0.717, 1.165) is 31.4 Å². The normalized spacial score (nSPS) is 24.5. The van der Waals surface area contributed by atoms with E-state index in [1.807, 2.05) is 13.8 Å². The van der Waals surface area contributed by atoms with E-state index in [-0.39, 0.29) is 121 Å². The molecule has 0 saturated carbocycles. The molecule has 2 aromatic heterocycles. The van der Waals surface area contributed by atoms with Crippen LogP contribution in [0.25, 0.3) is 21.8 Å². The molecule has 3 fully saturated rings. The molecule has 42 nitrogen and oxygen atoms in total. The third-order valence-electron chi connectivity index (χ3n) is 23.7. The number of hydrogen-bond donors (Lipinski definition) is 20. The van der Waals surface area contributed by atoms with Crippen LogP contribution < -0.4 is 75.7 Å². The maximum absolute atomic E-state index is 15.7. The Balaban J connectivity index is 1.19. The first-order valence-electron chi connectivity index (χ1n) is 44.6. The predicted molar refractivity (Wildman–Crippen MR) is 488 cm³/mol. The summed E-state index contributed by atoms with van der Waals surface area (Å²) in [5, 5.41) is 69.7. The first-order valence-corrected chi connectivity index (χ1v) is 45.8. The number of benzene rings is 3. The third kappa shape index (κ3) is 29.3. The number of nitrogens with zero attached hydrogens (tertiary/aromatic N) is 5. The van der Waals surface area contributed by atoms with Crippen molar-refractivity contribution >= 4 is 140 Å². The van der Waals surface area contributed by atoms with Crippen LogP contribution in [0, 0.1) is 11.3 Å². The number of aromatic amines is 2. The van der Waals surface area contributed by atoms with Crippen LogP contribution >= 0.6 is 11.8 Å². The van der Waals surface area contributed by atoms with Gasteiger partial charge < -0.3 is 125 Å². The van der Waals surface area contributed by atoms with Crippen molar-refractivity contribution in [2.45, 2.75) is 235 Å². The SMILES string of the molecule is CCCC[C@H]1C(=O)N(C)[C@@H](CCCC)C(=O)N[C@@H](CCCNC(=N)N)C(=O)N[C@H](C(=O)NCC(N)=O)CSCC(=O)N[C@@H](Cc2ccc(O)cc2)C(=O)N(C)[C@@H](C)C(=O)N[C@@H](CCN)C(=O)N2CCC[C@H]2C(=O)N[C@@H](CC(=O)O)C(=O)N[C@@H](CC(C)C)C(=O)N2CCC[C@H]2C(=O)N[C@@H](Cc2c[nH]c3ccccc23)C(=O)N[C@@H](CO)C(=O)N[C@@H](Cc2c[nH]c3ccccc23)C(=O)N1C. The van der Waals surface area contributed by atoms with E-state index in [1.54, 1.807) is 74.8 Å². The molecular formula is C89H128N22O20S. The molecule has 0 spiro atoms. The second kappa shape index (κ2) is 50.5. The van der Waals surface area contributed by atoms with Crippen LogP contribution in [-0.2, 0) is 101 Å². The number of unbranched alkanes of at least 4 members (excludes halogenated alkanes) is 2. The molecule has 5 aromatic rings. The van der Waals surface area contributed by atoms with Gasteiger partial charge in [0.15, 0.2) is 5.96 Å². The van der Waals surface area contributed by atoms with Gasteiger partial charge in [0, 0.05) is 100.0 Å². The summed E-state index contributed by atoms with van der Waals surface area (Å²) in [5.41, 5.74) is 19.8. The molecule has 0 bridgehead atoms. The van der Waals surface area contributed by atoms with Crippen LogP contribution in [0.4, 0.5) is 0 Å². The molecule has 3 aliphatic rings. The number of guanidine groups is 1. The van der Waals surface area contributed by atoms with Crippen molar-refractivity contribution in [3.63, 3.8) is 0 Å². The Labute approximate surface area is 769 Å². The Morgan fingerprint density at radius 2 is 1.02 bits per heavy atom. The van der Waals surface area contributed by atoms with Crippen molar-refractivity contribution in [3.8, 4) is 5.75 Å². The van der Waals surface area contributed by atoms with Crippen LogP contribution in [0.5, 0.6) is 5.75 Å². The van der Waals surface area contributed by atoms with Gasteiger partial charge in [-0.2, -0.15) is 0 Å². The van der Waals surface area contributed by atoms with Crippen LogP contribution in [0.15, 0.2) is 85.2 Å². The number of aromatic hydroxyl groups is 1. The quantitative estimate of drug-likeness (QED) is 0.0163. The number of nitrogens with two attached hydrogens (primary N) is 3. The van der Waals surface area contributed by atoms with Gasteiger partial charge in [0.1, 0.15) is 90.3 Å². The number of hydrogen-bond acceptors (Lipinski definition) is 22. The summed E-state index contributed by atoms with van der Waals surface area (Å²) in [5.74, 6) is -18.1. The zero-order valence-electron chi connectivity index (χ0n) is 75.8. The summed E-state index contributed by atoms with van der Waals surface area (Å²) < 4.78 is 0. The Morgan fingerprint density at radius 3 is 1.58 bits per heavy atom. The Bertz CT molecular complexity index is 4930. The highest BCUT2D eigenvalue weighted by atomic mass is 32.2. The fourth-order valence-corrected chi connectivity index (χ4v) is 17.2. The number of phenolic OH excluding ortho intramolecular Hbond substituents is 1. The lowest BCUT2D eigenvalue weighted by atomic mass is 10.00. The number of carbonyl (C=O) groups is 17. The smallest absolute Gasteiger partial charge is 0.305 e. The summed E-state index contributed by atoms with van der Waals surface area (Å²) in [7, 11) is 3.95. The van der Waals surface area contributed by atoms with Gasteiger partial charge in [0.25, 0.3) is 0 Å². The monoisotopic (exact) mass is 1860 g/mol. The first-order chi connectivity index (χ1) is 62.9. The maximum Gasteiger partial charge on any atom is 0.305 e. The second-order valence-corrected chi connectivity index (χ2v) is 35.0. The van der Waals surface area contributed by atoms with Gasteiger partial charge in [-0.15, -0.1) is 11.8 Å². The minimum atomic E-state index is -1.89. The van der Waals surface area contributed by atoms with E-state index in [4.69, 9.17) is 22.6 Å². The average molecular weight is 1860 g/mol. The highest BCUT2D eigenvalue weighted by Gasteiger charge is 2.46. The number of aromatic nitrogens is 2. The predicted octanol–water partition coefficient (Wildman–Crippen LogP) is -1.92. The number of primary amides is 1. The van der Waals surface area contributed by atoms with E-state index in [1.165, 1.54) is 57.2 Å². The lowest BCUT2D eigenvalue weighted by molar-refractivity contribution is -0.149. The van der Waals surface area contributed by atoms with Crippen LogP contribution in [0.1, 0.15) is 148 Å². The average Bonchev–Trinajstić information content (AvgIpc) is 1.56. The fourth-order valence-electron chi connectivity index (χ4n) is 16.4. The molecule has 23 N–H and O–H groups in total. The summed E-state index contributed by atoms with van der Waals surface area (Å²) in [6, 6.07) is -1.58. The topological polar surface area (TPSA) is 633 Å². The highest BCUT2D eigenvalue weighted by Crippen LogP contribution is 2.28. The molecule has 5 heterocycles. The number of para-hydroxylation sites is 2. The molecule has 16 amide bonds. The number of carboxylic acid groups (broad SMARTS) is 1. The molecule has 8 rings (SSSR count). The van der Waals surface area contributed by atoms with E-state index in [2.05, 4.69) is 68.5 Å². The van der Waals surface area contributed by atoms with Gasteiger partial charge in [-0.1, -0.05) is 102 Å². The molecule has 0 unspecified atom stereocenters. The Morgan fingerprint density at radius 1 is 0.530 bits per heavy atom. The number of rotatable bonds is 26. The molecule has 720 valence electrons. The zero-order valence-corrected chi connectivity index (χ0v) is 76.6. The number of amides is 16. The molecule has 14 atom stereocenters. The number of H-pyrrole nitrogens is 2. The number of aliphatic hydroxyl groups is 1. The van der Waals surface area contributed by atoms with E-state index >= 15 is 33.6 Å². The number of fused-ring (bicyclic) bond motifs is 4. The number of likely N-dealkylation sites (N-methyl/N-ethyl adjacent to an activating group) is 3. The van der Waals surface area contributed by atoms with Crippen molar-refractivity contribution in [1.29, 1.82) is 5.41 Å².